The Morgan fingerprint density at radius 3 is 2.39 bits per heavy atom. The van der Waals surface area contributed by atoms with Crippen LogP contribution in [0.2, 0.25) is 0 Å². The van der Waals surface area contributed by atoms with Crippen LogP contribution in [-0.2, 0) is 19.3 Å². The van der Waals surface area contributed by atoms with Gasteiger partial charge in [-0.2, -0.15) is 5.26 Å². The van der Waals surface area contributed by atoms with Crippen molar-refractivity contribution in [2.45, 2.75) is 36.2 Å². The smallest absolute Gasteiger partial charge is 0.409 e. The number of amides is 1. The highest BCUT2D eigenvalue weighted by molar-refractivity contribution is 7.91. The Bertz CT molecular complexity index is 942. The van der Waals surface area contributed by atoms with Crippen molar-refractivity contribution in [1.29, 1.82) is 5.26 Å². The minimum Gasteiger partial charge on any atom is -0.448 e. The number of sulfone groups is 1. The fourth-order valence-electron chi connectivity index (χ4n) is 4.97. The first-order chi connectivity index (χ1) is 16.0. The third kappa shape index (κ3) is 6.03. The Morgan fingerprint density at radius 2 is 1.76 bits per heavy atom. The summed E-state index contributed by atoms with van der Waals surface area (Å²) in [4.78, 5) is 19.2. The summed E-state index contributed by atoms with van der Waals surface area (Å²) >= 11 is 0. The third-order valence-corrected chi connectivity index (χ3v) is 8.62. The van der Waals surface area contributed by atoms with Crippen molar-refractivity contribution in [3.8, 4) is 6.07 Å². The summed E-state index contributed by atoms with van der Waals surface area (Å²) in [7, 11) is -3.38. The van der Waals surface area contributed by atoms with E-state index in [0.29, 0.717) is 38.2 Å². The lowest BCUT2D eigenvalue weighted by Crippen LogP contribution is -2.55. The van der Waals surface area contributed by atoms with E-state index >= 15 is 0 Å². The molecule has 33 heavy (non-hydrogen) atoms. The van der Waals surface area contributed by atoms with Gasteiger partial charge in [0.25, 0.3) is 0 Å². The number of carbonyl (C=O) groups is 1. The molecule has 3 saturated heterocycles. The number of carbonyl (C=O) groups excluding carboxylic acids is 1. The zero-order valence-electron chi connectivity index (χ0n) is 18.9. The number of rotatable bonds is 8. The van der Waals surface area contributed by atoms with Crippen LogP contribution >= 0.6 is 0 Å². The highest BCUT2D eigenvalue weighted by Crippen LogP contribution is 2.30. The Hall–Kier alpha value is -2.19. The largest absolute Gasteiger partial charge is 0.448 e. The molecular formula is C23H32N4O5S. The molecule has 0 N–H and O–H groups in total. The van der Waals surface area contributed by atoms with E-state index in [1.807, 2.05) is 11.0 Å². The molecule has 0 aromatic heterocycles. The first-order valence-corrected chi connectivity index (χ1v) is 13.3. The van der Waals surface area contributed by atoms with E-state index in [1.165, 1.54) is 24.3 Å². The average Bonchev–Trinajstić information content (AvgIpc) is 3.06. The maximum atomic E-state index is 12.6. The molecular weight excluding hydrogens is 444 g/mol. The normalized spacial score (nSPS) is 23.9. The molecule has 3 aliphatic heterocycles. The maximum absolute atomic E-state index is 12.6. The lowest BCUT2D eigenvalue weighted by molar-refractivity contribution is 0.0177. The number of nitriles is 1. The minimum atomic E-state index is -3.38. The highest BCUT2D eigenvalue weighted by Gasteiger charge is 2.41. The van der Waals surface area contributed by atoms with E-state index < -0.39 is 9.84 Å². The maximum Gasteiger partial charge on any atom is 0.409 e. The number of hydrogen-bond donors (Lipinski definition) is 0. The van der Waals surface area contributed by atoms with E-state index in [0.717, 1.165) is 45.7 Å². The van der Waals surface area contributed by atoms with Crippen LogP contribution in [0.15, 0.2) is 29.2 Å². The molecule has 3 fully saturated rings. The number of hydrogen-bond acceptors (Lipinski definition) is 8. The van der Waals surface area contributed by atoms with Crippen LogP contribution < -0.4 is 0 Å². The van der Waals surface area contributed by atoms with Gasteiger partial charge in [0.15, 0.2) is 9.84 Å². The molecule has 2 atom stereocenters. The fraction of sp³-hybridized carbons (Fsp3) is 0.652. The van der Waals surface area contributed by atoms with Crippen molar-refractivity contribution in [3.05, 3.63) is 29.8 Å². The van der Waals surface area contributed by atoms with Gasteiger partial charge in [-0.15, -0.1) is 0 Å². The molecule has 0 radical (unpaired) electrons. The second-order valence-corrected chi connectivity index (χ2v) is 11.0. The Labute approximate surface area is 195 Å². The van der Waals surface area contributed by atoms with Gasteiger partial charge in [-0.3, -0.25) is 9.80 Å². The average molecular weight is 477 g/mol. The summed E-state index contributed by atoms with van der Waals surface area (Å²) in [5, 5.41) is 8.88. The number of nitrogens with zero attached hydrogens (tertiary/aromatic N) is 4. The van der Waals surface area contributed by atoms with Crippen LogP contribution in [-0.4, -0.2) is 106 Å². The van der Waals surface area contributed by atoms with Crippen molar-refractivity contribution in [2.75, 3.05) is 64.8 Å². The van der Waals surface area contributed by atoms with Gasteiger partial charge in [0.1, 0.15) is 6.61 Å². The first-order valence-electron chi connectivity index (χ1n) is 11.7. The summed E-state index contributed by atoms with van der Waals surface area (Å²) in [6, 6.07) is 8.59. The van der Waals surface area contributed by atoms with Crippen molar-refractivity contribution in [1.82, 2.24) is 14.7 Å². The summed E-state index contributed by atoms with van der Waals surface area (Å²) < 4.78 is 36.1. The molecule has 0 spiro atoms. The number of ether oxygens (including phenoxy) is 2. The molecule has 2 bridgehead atoms. The van der Waals surface area contributed by atoms with E-state index in [1.54, 1.807) is 0 Å². The van der Waals surface area contributed by atoms with Crippen LogP contribution in [0.4, 0.5) is 4.79 Å². The second-order valence-electron chi connectivity index (χ2n) is 8.90. The van der Waals surface area contributed by atoms with E-state index in [9.17, 15) is 13.2 Å². The SMILES string of the molecule is N#Cc1ccc(S(=O)(=O)CCCN2C3CCC2CN(C(=O)OCCN2CCOCC2)C3)cc1. The van der Waals surface area contributed by atoms with E-state index in [-0.39, 0.29) is 28.8 Å². The van der Waals surface area contributed by atoms with Gasteiger partial charge in [0, 0.05) is 44.8 Å². The molecule has 1 amide bonds. The van der Waals surface area contributed by atoms with Gasteiger partial charge in [0.2, 0.25) is 0 Å². The van der Waals surface area contributed by atoms with Crippen molar-refractivity contribution in [3.63, 3.8) is 0 Å². The molecule has 2 unspecified atom stereocenters. The topological polar surface area (TPSA) is 103 Å². The zero-order valence-corrected chi connectivity index (χ0v) is 19.7. The monoisotopic (exact) mass is 476 g/mol. The Morgan fingerprint density at radius 1 is 1.09 bits per heavy atom. The summed E-state index contributed by atoms with van der Waals surface area (Å²) in [5.74, 6) is 0.0716. The summed E-state index contributed by atoms with van der Waals surface area (Å²) in [5.41, 5.74) is 0.447. The van der Waals surface area contributed by atoms with Crippen molar-refractivity contribution in [2.24, 2.45) is 0 Å². The fourth-order valence-corrected chi connectivity index (χ4v) is 6.27. The van der Waals surface area contributed by atoms with Gasteiger partial charge in [0.05, 0.1) is 35.5 Å². The van der Waals surface area contributed by atoms with Crippen LogP contribution in [0.1, 0.15) is 24.8 Å². The lowest BCUT2D eigenvalue weighted by atomic mass is 10.2. The number of piperazine rings is 1. The molecule has 0 aliphatic carbocycles. The predicted octanol–water partition coefficient (Wildman–Crippen LogP) is 1.34. The minimum absolute atomic E-state index is 0.0716. The van der Waals surface area contributed by atoms with E-state index in [2.05, 4.69) is 9.80 Å². The zero-order chi connectivity index (χ0) is 23.3. The Kier molecular flexibility index (Phi) is 7.86. The van der Waals surface area contributed by atoms with Gasteiger partial charge < -0.3 is 14.4 Å². The molecule has 1 aromatic carbocycles. The predicted molar refractivity (Wildman–Crippen MR) is 122 cm³/mol. The van der Waals surface area contributed by atoms with Crippen LogP contribution in [0.3, 0.4) is 0 Å². The molecule has 180 valence electrons. The second kappa shape index (κ2) is 10.8. The van der Waals surface area contributed by atoms with Gasteiger partial charge >= 0.3 is 6.09 Å². The van der Waals surface area contributed by atoms with Gasteiger partial charge in [-0.1, -0.05) is 0 Å². The highest BCUT2D eigenvalue weighted by atomic mass is 32.2. The van der Waals surface area contributed by atoms with Crippen molar-refractivity contribution < 1.29 is 22.7 Å². The number of fused-ring (bicyclic) bond motifs is 2. The van der Waals surface area contributed by atoms with Gasteiger partial charge in [-0.05, 0) is 50.1 Å². The molecule has 3 aliphatic rings. The molecule has 4 rings (SSSR count). The first kappa shape index (κ1) is 24.0. The Balaban J connectivity index is 1.21. The number of benzene rings is 1. The third-order valence-electron chi connectivity index (χ3n) is 6.80. The molecule has 1 aromatic rings. The molecule has 9 nitrogen and oxygen atoms in total. The number of likely N-dealkylation sites (tertiary alicyclic amines) is 1. The van der Waals surface area contributed by atoms with Crippen molar-refractivity contribution >= 4 is 15.9 Å². The molecule has 3 heterocycles. The van der Waals surface area contributed by atoms with Crippen LogP contribution in [0, 0.1) is 11.3 Å². The van der Waals surface area contributed by atoms with Crippen LogP contribution in [0.5, 0.6) is 0 Å². The molecule has 10 heteroatoms. The van der Waals surface area contributed by atoms with E-state index in [4.69, 9.17) is 14.7 Å². The molecule has 0 saturated carbocycles. The lowest BCUT2D eigenvalue weighted by Gasteiger charge is -2.40. The quantitative estimate of drug-likeness (QED) is 0.554. The summed E-state index contributed by atoms with van der Waals surface area (Å²) in [6.07, 6.45) is 2.33. The van der Waals surface area contributed by atoms with Gasteiger partial charge in [-0.25, -0.2) is 13.2 Å². The van der Waals surface area contributed by atoms with Crippen LogP contribution in [0.25, 0.3) is 0 Å². The standard InChI is InChI=1S/C23H32N4O5S/c24-16-19-2-6-22(7-3-19)33(29,30)15-1-8-27-20-4-5-21(27)18-26(17-20)23(28)32-14-11-25-9-12-31-13-10-25/h2-3,6-7,20-21H,1,4-5,8-15,17-18H2. The summed E-state index contributed by atoms with van der Waals surface area (Å²) in [6.45, 7) is 6.30. The number of morpholine rings is 1.